The van der Waals surface area contributed by atoms with Crippen molar-refractivity contribution < 1.29 is 9.59 Å². The van der Waals surface area contributed by atoms with Crippen LogP contribution in [-0.2, 0) is 0 Å². The van der Waals surface area contributed by atoms with Gasteiger partial charge in [-0.05, 0) is 88.6 Å². The van der Waals surface area contributed by atoms with Crippen LogP contribution in [0.4, 0.5) is 28.7 Å². The van der Waals surface area contributed by atoms with Gasteiger partial charge in [0, 0.05) is 28.2 Å². The first-order valence-electron chi connectivity index (χ1n) is 13.0. The lowest BCUT2D eigenvalue weighted by Crippen LogP contribution is -2.16. The van der Waals surface area contributed by atoms with Crippen LogP contribution in [0.25, 0.3) is 21.5 Å². The lowest BCUT2D eigenvalue weighted by Gasteiger charge is -2.12. The lowest BCUT2D eigenvalue weighted by atomic mass is 10.0. The molecule has 0 unspecified atom stereocenters. The van der Waals surface area contributed by atoms with Crippen molar-refractivity contribution in [3.05, 3.63) is 126 Å². The summed E-state index contributed by atoms with van der Waals surface area (Å²) >= 11 is 0. The number of aryl methyl sites for hydroxylation is 1. The second-order valence-corrected chi connectivity index (χ2v) is 9.75. The number of carbonyl (C=O) groups excluding carboxylic acids is 2. The molecule has 1 aromatic heterocycles. The number of benzene rings is 5. The number of aromatic nitrogens is 2. The third-order valence-corrected chi connectivity index (χ3v) is 6.76. The number of hydrogen-bond donors (Lipinski definition) is 4. The molecule has 8 nitrogen and oxygen atoms in total. The fraction of sp³-hybridized carbons (Fsp3) is 0.0303. The van der Waals surface area contributed by atoms with Crippen molar-refractivity contribution in [2.24, 2.45) is 0 Å². The largest absolute Gasteiger partial charge is 0.399 e. The molecule has 0 spiro atoms. The van der Waals surface area contributed by atoms with E-state index in [0.29, 0.717) is 34.1 Å². The molecule has 5 aromatic carbocycles. The average molecular weight is 539 g/mol. The van der Waals surface area contributed by atoms with Crippen LogP contribution in [-0.4, -0.2) is 21.8 Å². The number of carbonyl (C=O) groups is 2. The van der Waals surface area contributed by atoms with Gasteiger partial charge in [-0.3, -0.25) is 9.59 Å². The Bertz CT molecular complexity index is 1940. The number of nitrogens with two attached hydrogens (primary N) is 1. The summed E-state index contributed by atoms with van der Waals surface area (Å²) in [6, 6.07) is 30.4. The van der Waals surface area contributed by atoms with E-state index in [1.165, 1.54) is 12.4 Å². The lowest BCUT2D eigenvalue weighted by molar-refractivity contribution is 0.101. The number of nitrogens with one attached hydrogen (secondary N) is 3. The van der Waals surface area contributed by atoms with Gasteiger partial charge in [-0.2, -0.15) is 0 Å². The number of fused-ring (bicyclic) bond motifs is 2. The maximum atomic E-state index is 13.1. The molecule has 0 bridgehead atoms. The molecule has 0 radical (unpaired) electrons. The molecule has 200 valence electrons. The van der Waals surface area contributed by atoms with Gasteiger partial charge in [0.05, 0.1) is 18.1 Å². The summed E-state index contributed by atoms with van der Waals surface area (Å²) in [7, 11) is 0. The van der Waals surface area contributed by atoms with Gasteiger partial charge in [0.2, 0.25) is 5.95 Å². The molecule has 0 atom stereocenters. The van der Waals surface area contributed by atoms with E-state index in [1.54, 1.807) is 36.4 Å². The molecule has 0 fully saturated rings. The molecular weight excluding hydrogens is 512 g/mol. The van der Waals surface area contributed by atoms with E-state index in [9.17, 15) is 9.59 Å². The molecule has 0 aliphatic carbocycles. The van der Waals surface area contributed by atoms with Crippen molar-refractivity contribution in [3.8, 4) is 0 Å². The van der Waals surface area contributed by atoms with Crippen molar-refractivity contribution in [3.63, 3.8) is 0 Å². The van der Waals surface area contributed by atoms with Gasteiger partial charge < -0.3 is 21.7 Å². The van der Waals surface area contributed by atoms with Crippen LogP contribution in [0, 0.1) is 6.92 Å². The Morgan fingerprint density at radius 2 is 1.34 bits per heavy atom. The number of nitrogens with zero attached hydrogens (tertiary/aromatic N) is 2. The fourth-order valence-electron chi connectivity index (χ4n) is 4.63. The minimum absolute atomic E-state index is 0.257. The highest BCUT2D eigenvalue weighted by atomic mass is 16.2. The van der Waals surface area contributed by atoms with E-state index in [1.807, 2.05) is 43.3 Å². The van der Waals surface area contributed by atoms with Crippen LogP contribution < -0.4 is 21.7 Å². The number of anilines is 5. The Balaban J connectivity index is 1.15. The smallest absolute Gasteiger partial charge is 0.256 e. The number of hydrogen-bond acceptors (Lipinski definition) is 6. The van der Waals surface area contributed by atoms with Crippen molar-refractivity contribution >= 4 is 62.1 Å². The number of amides is 2. The highest BCUT2D eigenvalue weighted by Crippen LogP contribution is 2.25. The molecule has 2 amide bonds. The summed E-state index contributed by atoms with van der Waals surface area (Å²) in [6.45, 7) is 1.84. The number of rotatable bonds is 6. The summed E-state index contributed by atoms with van der Waals surface area (Å²) in [5, 5.41) is 13.1. The van der Waals surface area contributed by atoms with Crippen LogP contribution in [0.2, 0.25) is 0 Å². The quantitative estimate of drug-likeness (QED) is 0.135. The van der Waals surface area contributed by atoms with E-state index >= 15 is 0 Å². The molecule has 0 saturated carbocycles. The molecule has 5 N–H and O–H groups in total. The molecule has 0 saturated heterocycles. The van der Waals surface area contributed by atoms with Crippen LogP contribution in [0.1, 0.15) is 26.3 Å². The standard InChI is InChI=1S/C33H26N6O2/c1-20-9-12-28(37-31(40)24-11-10-23-13-21-5-2-3-6-22(21)14-25(23)15-24)17-30(20)32(41)38-29-18-35-33(36-19-29)39-27-8-4-7-26(34)16-27/h2-19H,34H2,1H3,(H,37,40)(H,38,41)(H,35,36,39). The van der Waals surface area contributed by atoms with Crippen molar-refractivity contribution in [2.45, 2.75) is 6.92 Å². The average Bonchev–Trinajstić information content (AvgIpc) is 2.97. The molecule has 8 heteroatoms. The Morgan fingerprint density at radius 3 is 2.10 bits per heavy atom. The van der Waals surface area contributed by atoms with Crippen LogP contribution in [0.3, 0.4) is 0 Å². The third kappa shape index (κ3) is 5.67. The fourth-order valence-corrected chi connectivity index (χ4v) is 4.63. The van der Waals surface area contributed by atoms with Crippen molar-refractivity contribution in [1.82, 2.24) is 9.97 Å². The summed E-state index contributed by atoms with van der Waals surface area (Å²) in [4.78, 5) is 34.8. The van der Waals surface area contributed by atoms with Gasteiger partial charge in [-0.15, -0.1) is 0 Å². The zero-order valence-electron chi connectivity index (χ0n) is 22.2. The van der Waals surface area contributed by atoms with Gasteiger partial charge in [0.25, 0.3) is 11.8 Å². The van der Waals surface area contributed by atoms with Crippen LogP contribution in [0.15, 0.2) is 109 Å². The zero-order valence-corrected chi connectivity index (χ0v) is 22.2. The third-order valence-electron chi connectivity index (χ3n) is 6.76. The topological polar surface area (TPSA) is 122 Å². The molecule has 0 aliphatic heterocycles. The van der Waals surface area contributed by atoms with E-state index in [2.05, 4.69) is 50.2 Å². The summed E-state index contributed by atoms with van der Waals surface area (Å²) in [5.74, 6) is -0.223. The van der Waals surface area contributed by atoms with Crippen LogP contribution in [0.5, 0.6) is 0 Å². The van der Waals surface area contributed by atoms with Gasteiger partial charge in [0.1, 0.15) is 0 Å². The summed E-state index contributed by atoms with van der Waals surface area (Å²) < 4.78 is 0. The first kappa shape index (κ1) is 25.5. The minimum atomic E-state index is -0.337. The van der Waals surface area contributed by atoms with E-state index in [0.717, 1.165) is 32.8 Å². The second kappa shape index (κ2) is 10.8. The number of nitrogen functional groups attached to an aromatic ring is 1. The normalized spacial score (nSPS) is 10.9. The maximum Gasteiger partial charge on any atom is 0.256 e. The Kier molecular flexibility index (Phi) is 6.71. The van der Waals surface area contributed by atoms with Crippen molar-refractivity contribution in [1.29, 1.82) is 0 Å². The highest BCUT2D eigenvalue weighted by Gasteiger charge is 2.14. The Hall–Kier alpha value is -5.76. The summed E-state index contributed by atoms with van der Waals surface area (Å²) in [6.07, 6.45) is 3.03. The molecule has 1 heterocycles. The SMILES string of the molecule is Cc1ccc(NC(=O)c2ccc3cc4ccccc4cc3c2)cc1C(=O)Nc1cnc(Nc2cccc(N)c2)nc1. The monoisotopic (exact) mass is 538 g/mol. The predicted octanol–water partition coefficient (Wildman–Crippen LogP) is 6.92. The molecule has 6 aromatic rings. The van der Waals surface area contributed by atoms with Crippen LogP contribution >= 0.6 is 0 Å². The highest BCUT2D eigenvalue weighted by molar-refractivity contribution is 6.09. The first-order chi connectivity index (χ1) is 19.9. The minimum Gasteiger partial charge on any atom is -0.399 e. The van der Waals surface area contributed by atoms with Gasteiger partial charge in [-0.25, -0.2) is 9.97 Å². The van der Waals surface area contributed by atoms with E-state index < -0.39 is 0 Å². The maximum absolute atomic E-state index is 13.1. The zero-order chi connectivity index (χ0) is 28.3. The molecule has 0 aliphatic rings. The second-order valence-electron chi connectivity index (χ2n) is 9.75. The predicted molar refractivity (Wildman–Crippen MR) is 165 cm³/mol. The van der Waals surface area contributed by atoms with E-state index in [4.69, 9.17) is 5.73 Å². The molecule has 41 heavy (non-hydrogen) atoms. The van der Waals surface area contributed by atoms with E-state index in [-0.39, 0.29) is 11.8 Å². The van der Waals surface area contributed by atoms with Gasteiger partial charge in [0.15, 0.2) is 0 Å². The first-order valence-corrected chi connectivity index (χ1v) is 13.0. The molecular formula is C33H26N6O2. The van der Waals surface area contributed by atoms with Gasteiger partial charge >= 0.3 is 0 Å². The summed E-state index contributed by atoms with van der Waals surface area (Å²) in [5.41, 5.74) is 9.86. The Labute approximate surface area is 236 Å². The van der Waals surface area contributed by atoms with Crippen molar-refractivity contribution in [2.75, 3.05) is 21.7 Å². The molecule has 6 rings (SSSR count). The van der Waals surface area contributed by atoms with Gasteiger partial charge in [-0.1, -0.05) is 42.5 Å². The Morgan fingerprint density at radius 1 is 0.634 bits per heavy atom.